The maximum absolute atomic E-state index is 12.7. The van der Waals surface area contributed by atoms with Gasteiger partial charge in [0.05, 0.1) is 5.69 Å². The Morgan fingerprint density at radius 3 is 2.70 bits per heavy atom. The van der Waals surface area contributed by atoms with E-state index in [0.29, 0.717) is 0 Å². The molecule has 1 atom stereocenters. The minimum Gasteiger partial charge on any atom is -0.373 e. The molecule has 0 aromatic heterocycles. The molecule has 1 aliphatic heterocycles. The van der Waals surface area contributed by atoms with E-state index in [4.69, 9.17) is 0 Å². The lowest BCUT2D eigenvalue weighted by atomic mass is 10.0. The van der Waals surface area contributed by atoms with Crippen LogP contribution in [0.25, 0.3) is 10.8 Å². The van der Waals surface area contributed by atoms with E-state index in [9.17, 15) is 4.79 Å². The number of amides is 1. The summed E-state index contributed by atoms with van der Waals surface area (Å²) in [6, 6.07) is 20.1. The third-order valence-electron chi connectivity index (χ3n) is 4.47. The van der Waals surface area contributed by atoms with Crippen LogP contribution in [0.3, 0.4) is 0 Å². The van der Waals surface area contributed by atoms with Gasteiger partial charge < -0.3 is 10.6 Å². The third kappa shape index (κ3) is 2.44. The lowest BCUT2D eigenvalue weighted by Gasteiger charge is -2.15. The topological polar surface area (TPSA) is 41.1 Å². The van der Waals surface area contributed by atoms with Crippen LogP contribution in [-0.4, -0.2) is 11.9 Å². The number of carbonyl (C=O) groups excluding carboxylic acids is 1. The van der Waals surface area contributed by atoms with Gasteiger partial charge in [0.15, 0.2) is 0 Å². The number of nitrogens with one attached hydrogen (secondary N) is 2. The average Bonchev–Trinajstić information content (AvgIpc) is 3.01. The van der Waals surface area contributed by atoms with Crippen molar-refractivity contribution in [3.8, 4) is 0 Å². The Labute approximate surface area is 135 Å². The number of hydrogen-bond donors (Lipinski definition) is 2. The molecule has 0 saturated heterocycles. The zero-order chi connectivity index (χ0) is 15.8. The molecule has 4 rings (SSSR count). The fourth-order valence-corrected chi connectivity index (χ4v) is 3.21. The van der Waals surface area contributed by atoms with Crippen LogP contribution >= 0.6 is 0 Å². The maximum atomic E-state index is 12.7. The standard InChI is InChI=1S/C20H18N2O/c1-13-10-11-14-6-2-4-8-16(14)19(13)22-20(23)18-12-15-7-3-5-9-17(15)21-18/h2-11,18,21H,12H2,1H3,(H,22,23). The number of aryl methyl sites for hydroxylation is 1. The summed E-state index contributed by atoms with van der Waals surface area (Å²) in [5, 5.41) is 8.65. The zero-order valence-corrected chi connectivity index (χ0v) is 13.0. The van der Waals surface area contributed by atoms with Crippen LogP contribution in [0.1, 0.15) is 11.1 Å². The van der Waals surface area contributed by atoms with E-state index in [1.807, 2.05) is 37.3 Å². The Kier molecular flexibility index (Phi) is 3.27. The summed E-state index contributed by atoms with van der Waals surface area (Å²) < 4.78 is 0. The zero-order valence-electron chi connectivity index (χ0n) is 13.0. The number of hydrogen-bond acceptors (Lipinski definition) is 2. The van der Waals surface area contributed by atoms with Gasteiger partial charge in [-0.15, -0.1) is 0 Å². The van der Waals surface area contributed by atoms with Crippen molar-refractivity contribution >= 4 is 28.1 Å². The second-order valence-corrected chi connectivity index (χ2v) is 6.03. The van der Waals surface area contributed by atoms with Gasteiger partial charge in [0.25, 0.3) is 0 Å². The highest BCUT2D eigenvalue weighted by atomic mass is 16.2. The molecule has 3 aromatic rings. The first kappa shape index (κ1) is 13.8. The first-order valence-electron chi connectivity index (χ1n) is 7.86. The van der Waals surface area contributed by atoms with Gasteiger partial charge >= 0.3 is 0 Å². The summed E-state index contributed by atoms with van der Waals surface area (Å²) >= 11 is 0. The van der Waals surface area contributed by atoms with E-state index in [1.165, 1.54) is 5.56 Å². The molecule has 1 unspecified atom stereocenters. The molecular weight excluding hydrogens is 284 g/mol. The minimum atomic E-state index is -0.217. The van der Waals surface area contributed by atoms with Crippen LogP contribution in [-0.2, 0) is 11.2 Å². The quantitative estimate of drug-likeness (QED) is 0.747. The van der Waals surface area contributed by atoms with Gasteiger partial charge in [-0.05, 0) is 29.5 Å². The maximum Gasteiger partial charge on any atom is 0.247 e. The predicted octanol–water partition coefficient (Wildman–Crippen LogP) is 4.12. The molecule has 0 saturated carbocycles. The average molecular weight is 302 g/mol. The molecule has 1 amide bonds. The van der Waals surface area contributed by atoms with Crippen LogP contribution in [0.5, 0.6) is 0 Å². The van der Waals surface area contributed by atoms with Crippen LogP contribution < -0.4 is 10.6 Å². The fourth-order valence-electron chi connectivity index (χ4n) is 3.21. The van der Waals surface area contributed by atoms with Gasteiger partial charge in [-0.1, -0.05) is 54.6 Å². The van der Waals surface area contributed by atoms with Crippen LogP contribution in [0.15, 0.2) is 60.7 Å². The molecule has 0 radical (unpaired) electrons. The Hall–Kier alpha value is -2.81. The molecule has 114 valence electrons. The summed E-state index contributed by atoms with van der Waals surface area (Å²) in [6.07, 6.45) is 0.728. The van der Waals surface area contributed by atoms with Crippen molar-refractivity contribution < 1.29 is 4.79 Å². The van der Waals surface area contributed by atoms with Crippen molar-refractivity contribution in [1.82, 2.24) is 0 Å². The largest absolute Gasteiger partial charge is 0.373 e. The summed E-state index contributed by atoms with van der Waals surface area (Å²) in [7, 11) is 0. The molecule has 3 heteroatoms. The second-order valence-electron chi connectivity index (χ2n) is 6.03. The molecule has 23 heavy (non-hydrogen) atoms. The Morgan fingerprint density at radius 1 is 1.04 bits per heavy atom. The van der Waals surface area contributed by atoms with Gasteiger partial charge in [0.2, 0.25) is 5.91 Å². The number of anilines is 2. The normalized spacial score (nSPS) is 16.0. The number of carbonyl (C=O) groups is 1. The highest BCUT2D eigenvalue weighted by Crippen LogP contribution is 2.29. The predicted molar refractivity (Wildman–Crippen MR) is 94.9 cm³/mol. The smallest absolute Gasteiger partial charge is 0.247 e. The van der Waals surface area contributed by atoms with Crippen molar-refractivity contribution in [2.45, 2.75) is 19.4 Å². The van der Waals surface area contributed by atoms with Gasteiger partial charge in [0, 0.05) is 17.5 Å². The van der Waals surface area contributed by atoms with E-state index < -0.39 is 0 Å². The van der Waals surface area contributed by atoms with Crippen molar-refractivity contribution in [3.05, 3.63) is 71.8 Å². The first-order valence-corrected chi connectivity index (χ1v) is 7.86. The van der Waals surface area contributed by atoms with E-state index in [2.05, 4.69) is 41.0 Å². The van der Waals surface area contributed by atoms with Gasteiger partial charge in [-0.2, -0.15) is 0 Å². The van der Waals surface area contributed by atoms with E-state index in [0.717, 1.165) is 34.1 Å². The molecule has 0 fully saturated rings. The van der Waals surface area contributed by atoms with E-state index in [1.54, 1.807) is 0 Å². The molecule has 3 aromatic carbocycles. The fraction of sp³-hybridized carbons (Fsp3) is 0.150. The third-order valence-corrected chi connectivity index (χ3v) is 4.47. The van der Waals surface area contributed by atoms with Gasteiger partial charge in [-0.25, -0.2) is 0 Å². The SMILES string of the molecule is Cc1ccc2ccccc2c1NC(=O)C1Cc2ccccc2N1. The van der Waals surface area contributed by atoms with Gasteiger partial charge in [0.1, 0.15) is 6.04 Å². The lowest BCUT2D eigenvalue weighted by Crippen LogP contribution is -2.33. The Morgan fingerprint density at radius 2 is 1.83 bits per heavy atom. The molecule has 0 spiro atoms. The summed E-state index contributed by atoms with van der Waals surface area (Å²) in [5.74, 6) is 0.0145. The Balaban J connectivity index is 1.62. The first-order chi connectivity index (χ1) is 11.2. The number of benzene rings is 3. The molecule has 0 aliphatic carbocycles. The van der Waals surface area contributed by atoms with Crippen LogP contribution in [0.2, 0.25) is 0 Å². The highest BCUT2D eigenvalue weighted by Gasteiger charge is 2.26. The summed E-state index contributed by atoms with van der Waals surface area (Å²) in [5.41, 5.74) is 4.24. The number of fused-ring (bicyclic) bond motifs is 2. The van der Waals surface area contributed by atoms with Crippen molar-refractivity contribution in [2.75, 3.05) is 10.6 Å². The molecular formula is C20H18N2O. The lowest BCUT2D eigenvalue weighted by molar-refractivity contribution is -0.116. The molecule has 1 heterocycles. The van der Waals surface area contributed by atoms with Gasteiger partial charge in [-0.3, -0.25) is 4.79 Å². The molecule has 3 nitrogen and oxygen atoms in total. The molecule has 1 aliphatic rings. The van der Waals surface area contributed by atoms with Crippen molar-refractivity contribution in [2.24, 2.45) is 0 Å². The monoisotopic (exact) mass is 302 g/mol. The number of para-hydroxylation sites is 1. The second kappa shape index (κ2) is 5.43. The Bertz CT molecular complexity index is 876. The van der Waals surface area contributed by atoms with E-state index in [-0.39, 0.29) is 11.9 Å². The number of rotatable bonds is 2. The van der Waals surface area contributed by atoms with Crippen molar-refractivity contribution in [1.29, 1.82) is 0 Å². The summed E-state index contributed by atoms with van der Waals surface area (Å²) in [6.45, 7) is 2.03. The van der Waals surface area contributed by atoms with Crippen LogP contribution in [0.4, 0.5) is 11.4 Å². The minimum absolute atomic E-state index is 0.0145. The van der Waals surface area contributed by atoms with E-state index >= 15 is 0 Å². The van der Waals surface area contributed by atoms with Crippen molar-refractivity contribution in [3.63, 3.8) is 0 Å². The highest BCUT2D eigenvalue weighted by molar-refractivity contribution is 6.06. The molecule has 2 N–H and O–H groups in total. The van der Waals surface area contributed by atoms with Crippen LogP contribution in [0, 0.1) is 6.92 Å². The molecule has 0 bridgehead atoms. The summed E-state index contributed by atoms with van der Waals surface area (Å²) in [4.78, 5) is 12.7.